The minimum absolute atomic E-state index is 0.147. The van der Waals surface area contributed by atoms with Gasteiger partial charge in [0.1, 0.15) is 0 Å². The first-order chi connectivity index (χ1) is 7.72. The summed E-state index contributed by atoms with van der Waals surface area (Å²) in [5.41, 5.74) is 1.47. The Labute approximate surface area is 99.2 Å². The Morgan fingerprint density at radius 3 is 2.94 bits per heavy atom. The third kappa shape index (κ3) is 2.48. The molecule has 0 aromatic carbocycles. The van der Waals surface area contributed by atoms with Crippen molar-refractivity contribution in [3.05, 3.63) is 0 Å². The van der Waals surface area contributed by atoms with Crippen molar-refractivity contribution in [1.29, 1.82) is 0 Å². The average molecular weight is 223 g/mol. The molecule has 1 aliphatic carbocycles. The minimum atomic E-state index is -0.147. The maximum Gasteiger partial charge on any atom is 0.0543 e. The SMILES string of the molecule is CCC1CCC2=NCCCC2CC1C(C)O. The second-order valence-corrected chi connectivity index (χ2v) is 5.56. The van der Waals surface area contributed by atoms with E-state index in [2.05, 4.69) is 6.92 Å². The van der Waals surface area contributed by atoms with E-state index >= 15 is 0 Å². The minimum Gasteiger partial charge on any atom is -0.393 e. The number of aliphatic imine (C=N–C) groups is 1. The zero-order valence-corrected chi connectivity index (χ0v) is 10.7. The second kappa shape index (κ2) is 5.31. The van der Waals surface area contributed by atoms with E-state index in [1.165, 1.54) is 44.2 Å². The highest BCUT2D eigenvalue weighted by Gasteiger charge is 2.33. The van der Waals surface area contributed by atoms with Gasteiger partial charge in [0, 0.05) is 12.3 Å². The molecule has 0 saturated heterocycles. The van der Waals surface area contributed by atoms with E-state index < -0.39 is 0 Å². The van der Waals surface area contributed by atoms with E-state index in [0.29, 0.717) is 17.8 Å². The molecule has 0 bridgehead atoms. The van der Waals surface area contributed by atoms with Crippen molar-refractivity contribution in [3.63, 3.8) is 0 Å². The highest BCUT2D eigenvalue weighted by Crippen LogP contribution is 2.37. The predicted molar refractivity (Wildman–Crippen MR) is 67.8 cm³/mol. The van der Waals surface area contributed by atoms with Gasteiger partial charge in [-0.2, -0.15) is 0 Å². The van der Waals surface area contributed by atoms with Gasteiger partial charge in [-0.15, -0.1) is 0 Å². The molecule has 2 nitrogen and oxygen atoms in total. The molecule has 0 spiro atoms. The Balaban J connectivity index is 2.13. The van der Waals surface area contributed by atoms with Gasteiger partial charge in [-0.1, -0.05) is 13.3 Å². The number of nitrogens with zero attached hydrogens (tertiary/aromatic N) is 1. The molecule has 92 valence electrons. The molecule has 1 heterocycles. The normalized spacial score (nSPS) is 37.2. The Hall–Kier alpha value is -0.370. The molecule has 4 atom stereocenters. The summed E-state index contributed by atoms with van der Waals surface area (Å²) in [6.07, 6.45) is 7.21. The van der Waals surface area contributed by atoms with E-state index in [9.17, 15) is 5.11 Å². The Kier molecular flexibility index (Phi) is 4.01. The van der Waals surface area contributed by atoms with Crippen molar-refractivity contribution >= 4 is 5.71 Å². The highest BCUT2D eigenvalue weighted by molar-refractivity contribution is 5.87. The summed E-state index contributed by atoms with van der Waals surface area (Å²) < 4.78 is 0. The summed E-state index contributed by atoms with van der Waals surface area (Å²) in [6.45, 7) is 5.27. The molecule has 0 radical (unpaired) electrons. The van der Waals surface area contributed by atoms with E-state index in [1.54, 1.807) is 0 Å². The molecular formula is C14H25NO. The van der Waals surface area contributed by atoms with E-state index in [1.807, 2.05) is 6.92 Å². The van der Waals surface area contributed by atoms with Crippen LogP contribution in [0.2, 0.25) is 0 Å². The largest absolute Gasteiger partial charge is 0.393 e. The summed E-state index contributed by atoms with van der Waals surface area (Å²) in [5, 5.41) is 9.95. The summed E-state index contributed by atoms with van der Waals surface area (Å²) in [7, 11) is 0. The van der Waals surface area contributed by atoms with Gasteiger partial charge < -0.3 is 5.11 Å². The van der Waals surface area contributed by atoms with Gasteiger partial charge in [0.05, 0.1) is 6.10 Å². The maximum atomic E-state index is 9.95. The van der Waals surface area contributed by atoms with Crippen molar-refractivity contribution < 1.29 is 5.11 Å². The van der Waals surface area contributed by atoms with Crippen LogP contribution in [0.15, 0.2) is 4.99 Å². The number of hydrogen-bond acceptors (Lipinski definition) is 2. The van der Waals surface area contributed by atoms with Crippen molar-refractivity contribution in [2.24, 2.45) is 22.7 Å². The van der Waals surface area contributed by atoms with E-state index in [-0.39, 0.29) is 6.10 Å². The molecule has 0 amide bonds. The molecule has 2 rings (SSSR count). The number of hydrogen-bond donors (Lipinski definition) is 1. The van der Waals surface area contributed by atoms with Gasteiger partial charge in [-0.3, -0.25) is 4.99 Å². The van der Waals surface area contributed by atoms with Gasteiger partial charge in [0.15, 0.2) is 0 Å². The van der Waals surface area contributed by atoms with Gasteiger partial charge in [0.25, 0.3) is 0 Å². The number of aliphatic hydroxyl groups excluding tert-OH is 1. The molecule has 16 heavy (non-hydrogen) atoms. The van der Waals surface area contributed by atoms with Gasteiger partial charge >= 0.3 is 0 Å². The van der Waals surface area contributed by atoms with Crippen molar-refractivity contribution in [1.82, 2.24) is 0 Å². The lowest BCUT2D eigenvalue weighted by Gasteiger charge is -2.29. The molecule has 0 aromatic rings. The van der Waals surface area contributed by atoms with E-state index in [0.717, 1.165) is 6.54 Å². The van der Waals surface area contributed by atoms with Crippen molar-refractivity contribution in [2.45, 2.75) is 58.5 Å². The predicted octanol–water partition coefficient (Wildman–Crippen LogP) is 3.04. The van der Waals surface area contributed by atoms with E-state index in [4.69, 9.17) is 4.99 Å². The molecule has 0 aromatic heterocycles. The van der Waals surface area contributed by atoms with Gasteiger partial charge in [-0.25, -0.2) is 0 Å². The van der Waals surface area contributed by atoms with Crippen LogP contribution in [0.4, 0.5) is 0 Å². The Morgan fingerprint density at radius 1 is 1.44 bits per heavy atom. The Morgan fingerprint density at radius 2 is 2.25 bits per heavy atom. The number of rotatable bonds is 2. The molecule has 2 heteroatoms. The zero-order chi connectivity index (χ0) is 11.5. The first kappa shape index (κ1) is 12.1. The average Bonchev–Trinajstić information content (AvgIpc) is 2.47. The monoisotopic (exact) mass is 223 g/mol. The van der Waals surface area contributed by atoms with Crippen LogP contribution in [0.1, 0.15) is 52.4 Å². The maximum absolute atomic E-state index is 9.95. The molecular weight excluding hydrogens is 198 g/mol. The summed E-state index contributed by atoms with van der Waals surface area (Å²) in [6, 6.07) is 0. The smallest absolute Gasteiger partial charge is 0.0543 e. The topological polar surface area (TPSA) is 32.6 Å². The summed E-state index contributed by atoms with van der Waals surface area (Å²) >= 11 is 0. The highest BCUT2D eigenvalue weighted by atomic mass is 16.3. The number of fused-ring (bicyclic) bond motifs is 1. The molecule has 4 unspecified atom stereocenters. The quantitative estimate of drug-likeness (QED) is 0.766. The molecule has 2 aliphatic rings. The third-order valence-electron chi connectivity index (χ3n) is 4.57. The first-order valence-corrected chi connectivity index (χ1v) is 6.93. The van der Waals surface area contributed by atoms with Crippen LogP contribution in [-0.4, -0.2) is 23.5 Å². The van der Waals surface area contributed by atoms with Crippen LogP contribution in [-0.2, 0) is 0 Å². The van der Waals surface area contributed by atoms with Crippen molar-refractivity contribution in [3.8, 4) is 0 Å². The number of aliphatic hydroxyl groups is 1. The van der Waals surface area contributed by atoms with Crippen LogP contribution >= 0.6 is 0 Å². The van der Waals surface area contributed by atoms with Gasteiger partial charge in [0.2, 0.25) is 0 Å². The fourth-order valence-corrected chi connectivity index (χ4v) is 3.56. The molecule has 1 saturated carbocycles. The van der Waals surface area contributed by atoms with Crippen LogP contribution < -0.4 is 0 Å². The van der Waals surface area contributed by atoms with Crippen LogP contribution in [0.25, 0.3) is 0 Å². The standard InChI is InChI=1S/C14H25NO/c1-3-11-6-7-14-12(5-4-8-15-14)9-13(11)10(2)16/h10-13,16H,3-9H2,1-2H3. The lowest BCUT2D eigenvalue weighted by molar-refractivity contribution is 0.0740. The first-order valence-electron chi connectivity index (χ1n) is 6.93. The fraction of sp³-hybridized carbons (Fsp3) is 0.929. The third-order valence-corrected chi connectivity index (χ3v) is 4.57. The van der Waals surface area contributed by atoms with Crippen LogP contribution in [0.5, 0.6) is 0 Å². The van der Waals surface area contributed by atoms with Crippen LogP contribution in [0, 0.1) is 17.8 Å². The second-order valence-electron chi connectivity index (χ2n) is 5.56. The van der Waals surface area contributed by atoms with Gasteiger partial charge in [-0.05, 0) is 56.8 Å². The fourth-order valence-electron chi connectivity index (χ4n) is 3.56. The molecule has 1 N–H and O–H groups in total. The Bertz CT molecular complexity index is 259. The molecule has 1 aliphatic heterocycles. The van der Waals surface area contributed by atoms with Crippen molar-refractivity contribution in [2.75, 3.05) is 6.54 Å². The lowest BCUT2D eigenvalue weighted by Crippen LogP contribution is -2.27. The molecule has 1 fully saturated rings. The summed E-state index contributed by atoms with van der Waals surface area (Å²) in [5.74, 6) is 1.89. The van der Waals surface area contributed by atoms with Crippen LogP contribution in [0.3, 0.4) is 0 Å². The lowest BCUT2D eigenvalue weighted by atomic mass is 9.79. The summed E-state index contributed by atoms with van der Waals surface area (Å²) in [4.78, 5) is 4.71. The zero-order valence-electron chi connectivity index (χ0n) is 10.7.